The first kappa shape index (κ1) is 18.0. The van der Waals surface area contributed by atoms with Crippen molar-refractivity contribution in [3.8, 4) is 0 Å². The topological polar surface area (TPSA) is 76.0 Å². The van der Waals surface area contributed by atoms with Crippen LogP contribution in [-0.4, -0.2) is 34.3 Å². The van der Waals surface area contributed by atoms with E-state index in [1.54, 1.807) is 0 Å². The van der Waals surface area contributed by atoms with Gasteiger partial charge in [0.1, 0.15) is 0 Å². The summed E-state index contributed by atoms with van der Waals surface area (Å²) >= 11 is 1.38. The molecule has 0 spiro atoms. The first-order valence-electron chi connectivity index (χ1n) is 9.65. The summed E-state index contributed by atoms with van der Waals surface area (Å²) in [5, 5.41) is 7.36. The van der Waals surface area contributed by atoms with Gasteiger partial charge in [-0.15, -0.1) is 0 Å². The van der Waals surface area contributed by atoms with Gasteiger partial charge in [-0.2, -0.15) is 0 Å². The maximum atomic E-state index is 13.2. The number of rotatable bonds is 3. The fourth-order valence-corrected chi connectivity index (χ4v) is 4.96. The van der Waals surface area contributed by atoms with Crippen LogP contribution in [-0.2, 0) is 17.8 Å². The molecule has 5 rings (SSSR count). The second kappa shape index (κ2) is 7.09. The molecule has 3 heterocycles. The van der Waals surface area contributed by atoms with Crippen LogP contribution >= 0.6 is 11.3 Å². The van der Waals surface area contributed by atoms with E-state index in [0.717, 1.165) is 52.0 Å². The lowest BCUT2D eigenvalue weighted by atomic mass is 10.0. The number of nitrogens with one attached hydrogen (secondary N) is 2. The van der Waals surface area contributed by atoms with Gasteiger partial charge in [0.25, 0.3) is 11.7 Å². The fraction of sp³-hybridized carbons (Fsp3) is 0.227. The zero-order valence-electron chi connectivity index (χ0n) is 16.0. The number of carbonyl (C=O) groups is 2. The van der Waals surface area contributed by atoms with Crippen LogP contribution in [0.5, 0.6) is 0 Å². The number of Topliss-reactive ketones (excluding diaryl/α,β-unsaturated/α-hetero) is 1. The molecule has 0 bridgehead atoms. The number of anilines is 1. The smallest absolute Gasteiger partial charge is 0.298 e. The fourth-order valence-electron chi connectivity index (χ4n) is 4.00. The van der Waals surface area contributed by atoms with Crippen LogP contribution in [0, 0.1) is 6.92 Å². The Balaban J connectivity index is 1.52. The number of para-hydroxylation sites is 1. The second-order valence-electron chi connectivity index (χ2n) is 7.26. The summed E-state index contributed by atoms with van der Waals surface area (Å²) in [4.78, 5) is 30.5. The van der Waals surface area contributed by atoms with Crippen LogP contribution in [0.4, 0.5) is 5.13 Å². The van der Waals surface area contributed by atoms with Crippen LogP contribution < -0.4 is 10.6 Å². The van der Waals surface area contributed by atoms with Gasteiger partial charge in [0.05, 0.1) is 15.8 Å². The molecule has 0 aliphatic carbocycles. The third-order valence-electron chi connectivity index (χ3n) is 5.33. The Morgan fingerprint density at radius 3 is 2.93 bits per heavy atom. The zero-order chi connectivity index (χ0) is 20.0. The van der Waals surface area contributed by atoms with Gasteiger partial charge in [0, 0.05) is 42.7 Å². The molecule has 0 fully saturated rings. The Hall–Kier alpha value is -3.03. The number of aryl methyl sites for hydroxylation is 1. The maximum absolute atomic E-state index is 13.2. The number of fused-ring (bicyclic) bond motifs is 4. The highest BCUT2D eigenvalue weighted by molar-refractivity contribution is 7.22. The minimum absolute atomic E-state index is 0.445. The van der Waals surface area contributed by atoms with E-state index in [-0.39, 0.29) is 0 Å². The SMILES string of the molecule is Cc1ccc2nc(NC(=O)C(=O)c3c4n(c5ccccc35)CCNCC4)sc2c1. The molecule has 2 aromatic carbocycles. The van der Waals surface area contributed by atoms with Crippen molar-refractivity contribution in [2.24, 2.45) is 0 Å². The number of aromatic nitrogens is 2. The number of thiazole rings is 1. The van der Waals surface area contributed by atoms with Crippen molar-refractivity contribution in [1.29, 1.82) is 0 Å². The minimum atomic E-state index is -0.642. The summed E-state index contributed by atoms with van der Waals surface area (Å²) in [5.74, 6) is -1.15. The molecule has 29 heavy (non-hydrogen) atoms. The third-order valence-corrected chi connectivity index (χ3v) is 6.26. The summed E-state index contributed by atoms with van der Waals surface area (Å²) in [7, 11) is 0. The molecule has 0 unspecified atom stereocenters. The van der Waals surface area contributed by atoms with Crippen molar-refractivity contribution in [1.82, 2.24) is 14.9 Å². The average Bonchev–Trinajstić information content (AvgIpc) is 3.14. The van der Waals surface area contributed by atoms with Crippen LogP contribution in [0.3, 0.4) is 0 Å². The molecule has 0 atom stereocenters. The number of amides is 1. The Morgan fingerprint density at radius 2 is 2.03 bits per heavy atom. The lowest BCUT2D eigenvalue weighted by Crippen LogP contribution is -2.24. The average molecular weight is 404 g/mol. The Bertz CT molecular complexity index is 1270. The molecule has 6 nitrogen and oxygen atoms in total. The predicted molar refractivity (Wildman–Crippen MR) is 116 cm³/mol. The lowest BCUT2D eigenvalue weighted by Gasteiger charge is -2.06. The number of nitrogens with zero attached hydrogens (tertiary/aromatic N) is 2. The van der Waals surface area contributed by atoms with Crippen LogP contribution in [0.25, 0.3) is 21.1 Å². The van der Waals surface area contributed by atoms with Crippen molar-refractivity contribution >= 4 is 49.3 Å². The maximum Gasteiger partial charge on any atom is 0.298 e. The Labute approximate surface area is 171 Å². The predicted octanol–water partition coefficient (Wildman–Crippen LogP) is 3.53. The van der Waals surface area contributed by atoms with E-state index >= 15 is 0 Å². The highest BCUT2D eigenvalue weighted by Gasteiger charge is 2.28. The molecule has 1 amide bonds. The summed E-state index contributed by atoms with van der Waals surface area (Å²) in [6.45, 7) is 4.42. The van der Waals surface area contributed by atoms with Crippen LogP contribution in [0.15, 0.2) is 42.5 Å². The van der Waals surface area contributed by atoms with Gasteiger partial charge in [0.2, 0.25) is 0 Å². The van der Waals surface area contributed by atoms with E-state index in [1.165, 1.54) is 11.3 Å². The molecule has 1 aliphatic rings. The van der Waals surface area contributed by atoms with E-state index in [1.807, 2.05) is 49.4 Å². The van der Waals surface area contributed by atoms with Gasteiger partial charge in [-0.3, -0.25) is 14.9 Å². The first-order chi connectivity index (χ1) is 14.1. The standard InChI is InChI=1S/C22H20N4O2S/c1-13-6-7-15-18(12-13)29-22(24-15)25-21(28)20(27)19-14-4-2-3-5-16(14)26-11-10-23-9-8-17(19)26/h2-7,12,23H,8-11H2,1H3,(H,24,25,28). The third kappa shape index (κ3) is 3.12. The van der Waals surface area contributed by atoms with Gasteiger partial charge >= 0.3 is 0 Å². The molecule has 0 radical (unpaired) electrons. The van der Waals surface area contributed by atoms with Crippen molar-refractivity contribution in [3.63, 3.8) is 0 Å². The van der Waals surface area contributed by atoms with E-state index in [4.69, 9.17) is 0 Å². The molecule has 0 saturated carbocycles. The van der Waals surface area contributed by atoms with Gasteiger partial charge < -0.3 is 9.88 Å². The number of hydrogen-bond acceptors (Lipinski definition) is 5. The van der Waals surface area contributed by atoms with Crippen molar-refractivity contribution in [2.75, 3.05) is 18.4 Å². The Morgan fingerprint density at radius 1 is 1.17 bits per heavy atom. The minimum Gasteiger partial charge on any atom is -0.343 e. The molecular weight excluding hydrogens is 384 g/mol. The highest BCUT2D eigenvalue weighted by atomic mass is 32.1. The number of hydrogen-bond donors (Lipinski definition) is 2. The second-order valence-corrected chi connectivity index (χ2v) is 8.29. The molecule has 146 valence electrons. The summed E-state index contributed by atoms with van der Waals surface area (Å²) < 4.78 is 3.15. The highest BCUT2D eigenvalue weighted by Crippen LogP contribution is 2.30. The van der Waals surface area contributed by atoms with Gasteiger partial charge in [0.15, 0.2) is 5.13 Å². The molecule has 2 aromatic heterocycles. The largest absolute Gasteiger partial charge is 0.343 e. The van der Waals surface area contributed by atoms with E-state index in [9.17, 15) is 9.59 Å². The molecule has 1 aliphatic heterocycles. The summed E-state index contributed by atoms with van der Waals surface area (Å²) in [5.41, 5.74) is 4.39. The van der Waals surface area contributed by atoms with E-state index in [0.29, 0.717) is 17.1 Å². The number of carbonyl (C=O) groups excluding carboxylic acids is 2. The summed E-state index contributed by atoms with van der Waals surface area (Å²) in [6.07, 6.45) is 0.712. The normalized spacial score (nSPS) is 14.0. The molecule has 4 aromatic rings. The molecule has 0 saturated heterocycles. The summed E-state index contributed by atoms with van der Waals surface area (Å²) in [6, 6.07) is 13.7. The zero-order valence-corrected chi connectivity index (χ0v) is 16.8. The number of ketones is 1. The van der Waals surface area contributed by atoms with E-state index in [2.05, 4.69) is 20.2 Å². The van der Waals surface area contributed by atoms with Crippen LogP contribution in [0.2, 0.25) is 0 Å². The lowest BCUT2D eigenvalue weighted by molar-refractivity contribution is -0.112. The van der Waals surface area contributed by atoms with Crippen molar-refractivity contribution in [3.05, 3.63) is 59.3 Å². The monoisotopic (exact) mass is 404 g/mol. The molecule has 2 N–H and O–H groups in total. The van der Waals surface area contributed by atoms with Crippen molar-refractivity contribution < 1.29 is 9.59 Å². The van der Waals surface area contributed by atoms with Crippen LogP contribution in [0.1, 0.15) is 21.6 Å². The first-order valence-corrected chi connectivity index (χ1v) is 10.5. The quantitative estimate of drug-likeness (QED) is 0.405. The Kier molecular flexibility index (Phi) is 4.41. The molecular formula is C22H20N4O2S. The van der Waals surface area contributed by atoms with Gasteiger partial charge in [-0.1, -0.05) is 35.6 Å². The van der Waals surface area contributed by atoms with Gasteiger partial charge in [-0.25, -0.2) is 4.98 Å². The van der Waals surface area contributed by atoms with Crippen molar-refractivity contribution in [2.45, 2.75) is 19.9 Å². The molecule has 7 heteroatoms. The van der Waals surface area contributed by atoms with Gasteiger partial charge in [-0.05, 0) is 30.7 Å². The van der Waals surface area contributed by atoms with E-state index < -0.39 is 11.7 Å². The number of benzene rings is 2.